The second-order valence-electron chi connectivity index (χ2n) is 6.91. The van der Waals surface area contributed by atoms with Gasteiger partial charge in [-0.1, -0.05) is 0 Å². The number of nitrogens with zero attached hydrogens (tertiary/aromatic N) is 1. The van der Waals surface area contributed by atoms with Crippen LogP contribution in [0.3, 0.4) is 0 Å². The lowest BCUT2D eigenvalue weighted by Crippen LogP contribution is -2.46. The summed E-state index contributed by atoms with van der Waals surface area (Å²) in [5.41, 5.74) is 0. The number of rotatable bonds is 4. The van der Waals surface area contributed by atoms with Crippen LogP contribution in [0.25, 0.3) is 0 Å². The van der Waals surface area contributed by atoms with E-state index in [-0.39, 0.29) is 30.7 Å². The van der Waals surface area contributed by atoms with Crippen LogP contribution in [0.2, 0.25) is 0 Å². The topological polar surface area (TPSA) is 32.3 Å². The standard InChI is InChI=1S/C16H28F2N2O/c1-12(2)20(11-13-5-9-19-10-6-13)15(21)14-3-7-16(17,18)8-4-14/h12-14,19H,3-11H2,1-2H3. The number of amides is 1. The SMILES string of the molecule is CC(C)N(CC1CCNCC1)C(=O)C1CCC(F)(F)CC1. The normalized spacial score (nSPS) is 24.2. The van der Waals surface area contributed by atoms with Gasteiger partial charge in [-0.15, -0.1) is 0 Å². The van der Waals surface area contributed by atoms with Gasteiger partial charge in [0.2, 0.25) is 11.8 Å². The summed E-state index contributed by atoms with van der Waals surface area (Å²) < 4.78 is 26.5. The molecular weight excluding hydrogens is 274 g/mol. The third-order valence-corrected chi connectivity index (χ3v) is 4.89. The molecule has 1 aliphatic heterocycles. The van der Waals surface area contributed by atoms with Crippen LogP contribution in [0.5, 0.6) is 0 Å². The Labute approximate surface area is 126 Å². The highest BCUT2D eigenvalue weighted by atomic mass is 19.3. The second kappa shape index (κ2) is 7.03. The summed E-state index contributed by atoms with van der Waals surface area (Å²) in [5.74, 6) is -2.12. The molecule has 3 nitrogen and oxygen atoms in total. The van der Waals surface area contributed by atoms with Gasteiger partial charge in [0.15, 0.2) is 0 Å². The van der Waals surface area contributed by atoms with Gasteiger partial charge >= 0.3 is 0 Å². The molecule has 0 unspecified atom stereocenters. The summed E-state index contributed by atoms with van der Waals surface area (Å²) in [7, 11) is 0. The van der Waals surface area contributed by atoms with Gasteiger partial charge in [0.1, 0.15) is 0 Å². The minimum absolute atomic E-state index is 0.0963. The molecule has 0 radical (unpaired) electrons. The van der Waals surface area contributed by atoms with E-state index < -0.39 is 5.92 Å². The average Bonchev–Trinajstić information content (AvgIpc) is 2.45. The Morgan fingerprint density at radius 1 is 1.19 bits per heavy atom. The van der Waals surface area contributed by atoms with Gasteiger partial charge in [0, 0.05) is 31.3 Å². The van der Waals surface area contributed by atoms with Crippen molar-refractivity contribution in [2.75, 3.05) is 19.6 Å². The van der Waals surface area contributed by atoms with E-state index in [1.165, 1.54) is 0 Å². The molecule has 0 atom stereocenters. The van der Waals surface area contributed by atoms with E-state index in [2.05, 4.69) is 5.32 Å². The summed E-state index contributed by atoms with van der Waals surface area (Å²) in [4.78, 5) is 14.6. The molecule has 1 heterocycles. The fourth-order valence-corrected chi connectivity index (χ4v) is 3.42. The Morgan fingerprint density at radius 2 is 1.76 bits per heavy atom. The largest absolute Gasteiger partial charge is 0.340 e. The zero-order valence-corrected chi connectivity index (χ0v) is 13.2. The monoisotopic (exact) mass is 302 g/mol. The number of piperidine rings is 1. The van der Waals surface area contributed by atoms with E-state index in [0.717, 1.165) is 32.5 Å². The summed E-state index contributed by atoms with van der Waals surface area (Å²) in [6, 6.07) is 0.148. The highest BCUT2D eigenvalue weighted by Crippen LogP contribution is 2.37. The predicted octanol–water partition coefficient (Wildman–Crippen LogP) is 3.05. The Hall–Kier alpha value is -0.710. The maximum absolute atomic E-state index is 13.2. The van der Waals surface area contributed by atoms with E-state index in [1.807, 2.05) is 18.7 Å². The van der Waals surface area contributed by atoms with Crippen molar-refractivity contribution in [1.29, 1.82) is 0 Å². The van der Waals surface area contributed by atoms with Gasteiger partial charge in [-0.2, -0.15) is 0 Å². The first-order valence-electron chi connectivity index (χ1n) is 8.28. The van der Waals surface area contributed by atoms with Gasteiger partial charge in [-0.25, -0.2) is 8.78 Å². The summed E-state index contributed by atoms with van der Waals surface area (Å²) in [6.45, 7) is 6.86. The first-order valence-corrected chi connectivity index (χ1v) is 8.28. The lowest BCUT2D eigenvalue weighted by molar-refractivity contribution is -0.142. The Bertz CT molecular complexity index is 344. The fraction of sp³-hybridized carbons (Fsp3) is 0.938. The predicted molar refractivity (Wildman–Crippen MR) is 79.3 cm³/mol. The molecule has 2 aliphatic rings. The van der Waals surface area contributed by atoms with Crippen molar-refractivity contribution >= 4 is 5.91 Å². The smallest absolute Gasteiger partial charge is 0.248 e. The van der Waals surface area contributed by atoms with Crippen LogP contribution in [-0.2, 0) is 4.79 Å². The summed E-state index contributed by atoms with van der Waals surface area (Å²) >= 11 is 0. The molecule has 0 aromatic rings. The van der Waals surface area contributed by atoms with Gasteiger partial charge in [0.25, 0.3) is 0 Å². The molecule has 1 saturated heterocycles. The number of halogens is 2. The first kappa shape index (κ1) is 16.7. The van der Waals surface area contributed by atoms with Gasteiger partial charge in [-0.3, -0.25) is 4.79 Å². The molecule has 5 heteroatoms. The number of hydrogen-bond acceptors (Lipinski definition) is 2. The molecule has 0 aromatic heterocycles. The first-order chi connectivity index (χ1) is 9.89. The summed E-state index contributed by atoms with van der Waals surface area (Å²) in [5, 5.41) is 3.33. The Kier molecular flexibility index (Phi) is 5.58. The minimum Gasteiger partial charge on any atom is -0.340 e. The maximum Gasteiger partial charge on any atom is 0.248 e. The molecule has 2 rings (SSSR count). The number of carbonyl (C=O) groups is 1. The molecule has 0 bridgehead atoms. The lowest BCUT2D eigenvalue weighted by atomic mass is 9.85. The molecule has 21 heavy (non-hydrogen) atoms. The number of hydrogen-bond donors (Lipinski definition) is 1. The average molecular weight is 302 g/mol. The highest BCUT2D eigenvalue weighted by Gasteiger charge is 2.39. The molecule has 0 spiro atoms. The molecule has 1 saturated carbocycles. The zero-order chi connectivity index (χ0) is 15.5. The van der Waals surface area contributed by atoms with Crippen LogP contribution in [-0.4, -0.2) is 42.4 Å². The quantitative estimate of drug-likeness (QED) is 0.865. The Morgan fingerprint density at radius 3 is 2.29 bits per heavy atom. The number of carbonyl (C=O) groups excluding carboxylic acids is 1. The van der Waals surface area contributed by atoms with Crippen LogP contribution >= 0.6 is 0 Å². The second-order valence-corrected chi connectivity index (χ2v) is 6.91. The van der Waals surface area contributed by atoms with Crippen molar-refractivity contribution in [1.82, 2.24) is 10.2 Å². The minimum atomic E-state index is -2.56. The van der Waals surface area contributed by atoms with Gasteiger partial charge in [-0.05, 0) is 58.5 Å². The highest BCUT2D eigenvalue weighted by molar-refractivity contribution is 5.79. The van der Waals surface area contributed by atoms with Crippen molar-refractivity contribution < 1.29 is 13.6 Å². The van der Waals surface area contributed by atoms with E-state index in [1.54, 1.807) is 0 Å². The van der Waals surface area contributed by atoms with Crippen LogP contribution in [0, 0.1) is 11.8 Å². The number of alkyl halides is 2. The zero-order valence-electron chi connectivity index (χ0n) is 13.2. The molecule has 0 aromatic carbocycles. The van der Waals surface area contributed by atoms with E-state index in [0.29, 0.717) is 18.8 Å². The van der Waals surface area contributed by atoms with Crippen LogP contribution in [0.4, 0.5) is 8.78 Å². The molecule has 1 N–H and O–H groups in total. The Balaban J connectivity index is 1.92. The van der Waals surface area contributed by atoms with Crippen LogP contribution < -0.4 is 5.32 Å². The third kappa shape index (κ3) is 4.63. The van der Waals surface area contributed by atoms with Crippen LogP contribution in [0.15, 0.2) is 0 Å². The molecule has 1 amide bonds. The third-order valence-electron chi connectivity index (χ3n) is 4.89. The van der Waals surface area contributed by atoms with E-state index in [4.69, 9.17) is 0 Å². The molecular formula is C16H28F2N2O. The molecule has 2 fully saturated rings. The van der Waals surface area contributed by atoms with Crippen molar-refractivity contribution in [3.8, 4) is 0 Å². The van der Waals surface area contributed by atoms with Crippen molar-refractivity contribution in [3.05, 3.63) is 0 Å². The van der Waals surface area contributed by atoms with E-state index >= 15 is 0 Å². The molecule has 1 aliphatic carbocycles. The number of nitrogens with one attached hydrogen (secondary N) is 1. The van der Waals surface area contributed by atoms with E-state index in [9.17, 15) is 13.6 Å². The maximum atomic E-state index is 13.2. The van der Waals surface area contributed by atoms with Crippen molar-refractivity contribution in [3.63, 3.8) is 0 Å². The van der Waals surface area contributed by atoms with Gasteiger partial charge in [0.05, 0.1) is 0 Å². The fourth-order valence-electron chi connectivity index (χ4n) is 3.42. The summed E-state index contributed by atoms with van der Waals surface area (Å²) in [6.07, 6.45) is 2.59. The van der Waals surface area contributed by atoms with Crippen molar-refractivity contribution in [2.45, 2.75) is 64.3 Å². The van der Waals surface area contributed by atoms with Gasteiger partial charge < -0.3 is 10.2 Å². The van der Waals surface area contributed by atoms with Crippen molar-refractivity contribution in [2.24, 2.45) is 11.8 Å². The lowest BCUT2D eigenvalue weighted by Gasteiger charge is -2.37. The molecule has 122 valence electrons. The van der Waals surface area contributed by atoms with Crippen LogP contribution in [0.1, 0.15) is 52.4 Å².